The van der Waals surface area contributed by atoms with Crippen LogP contribution in [0.5, 0.6) is 0 Å². The lowest BCUT2D eigenvalue weighted by Gasteiger charge is -2.27. The minimum absolute atomic E-state index is 0.132. The lowest BCUT2D eigenvalue weighted by molar-refractivity contribution is -0.147. The Labute approximate surface area is 108 Å². The molecule has 1 aromatic carbocycles. The summed E-state index contributed by atoms with van der Waals surface area (Å²) >= 11 is 0. The number of ether oxygens (including phenoxy) is 1. The van der Waals surface area contributed by atoms with E-state index in [0.717, 1.165) is 12.0 Å². The van der Waals surface area contributed by atoms with Crippen LogP contribution in [0.2, 0.25) is 0 Å². The normalized spacial score (nSPS) is 31.3. The molecule has 3 heteroatoms. The SMILES string of the molecule is COC(=O)C1(c2ccccc2)C[C@H](CO)[C@@H](C)C1. The molecule has 0 saturated heterocycles. The molecule has 1 aromatic rings. The minimum Gasteiger partial charge on any atom is -0.468 e. The molecule has 2 rings (SSSR count). The molecule has 0 aliphatic heterocycles. The van der Waals surface area contributed by atoms with E-state index < -0.39 is 5.41 Å². The summed E-state index contributed by atoms with van der Waals surface area (Å²) in [5, 5.41) is 9.42. The predicted molar refractivity (Wildman–Crippen MR) is 69.1 cm³/mol. The molecule has 0 radical (unpaired) electrons. The third-order valence-corrected chi connectivity index (χ3v) is 4.22. The summed E-state index contributed by atoms with van der Waals surface area (Å²) in [7, 11) is 1.43. The maximum absolute atomic E-state index is 12.2. The van der Waals surface area contributed by atoms with Crippen molar-refractivity contribution in [2.45, 2.75) is 25.2 Å². The molecule has 0 aromatic heterocycles. The fourth-order valence-corrected chi connectivity index (χ4v) is 3.17. The predicted octanol–water partition coefficient (Wildman–Crippen LogP) is 2.14. The standard InChI is InChI=1S/C15H20O3/c1-11-8-15(14(17)18-2,9-12(11)10-16)13-6-4-3-5-7-13/h3-7,11-12,16H,8-10H2,1-2H3/t11-,12+,15?/m0/s1. The first-order valence-corrected chi connectivity index (χ1v) is 6.39. The molecule has 0 bridgehead atoms. The molecule has 1 unspecified atom stereocenters. The first-order valence-electron chi connectivity index (χ1n) is 6.39. The molecular formula is C15H20O3. The van der Waals surface area contributed by atoms with Gasteiger partial charge in [-0.25, -0.2) is 0 Å². The monoisotopic (exact) mass is 248 g/mol. The van der Waals surface area contributed by atoms with Crippen LogP contribution >= 0.6 is 0 Å². The van der Waals surface area contributed by atoms with Gasteiger partial charge in [-0.05, 0) is 30.2 Å². The number of carbonyl (C=O) groups excluding carboxylic acids is 1. The highest BCUT2D eigenvalue weighted by atomic mass is 16.5. The van der Waals surface area contributed by atoms with E-state index in [-0.39, 0.29) is 18.5 Å². The number of hydrogen-bond acceptors (Lipinski definition) is 3. The van der Waals surface area contributed by atoms with Crippen molar-refractivity contribution >= 4 is 5.97 Å². The van der Waals surface area contributed by atoms with Gasteiger partial charge in [-0.1, -0.05) is 37.3 Å². The summed E-state index contributed by atoms with van der Waals surface area (Å²) in [6, 6.07) is 9.77. The minimum atomic E-state index is -0.581. The number of rotatable bonds is 3. The van der Waals surface area contributed by atoms with E-state index >= 15 is 0 Å². The van der Waals surface area contributed by atoms with Gasteiger partial charge in [0.05, 0.1) is 12.5 Å². The van der Waals surface area contributed by atoms with E-state index in [2.05, 4.69) is 6.92 Å². The molecule has 0 heterocycles. The van der Waals surface area contributed by atoms with Crippen molar-refractivity contribution in [3.8, 4) is 0 Å². The summed E-state index contributed by atoms with van der Waals surface area (Å²) in [5.74, 6) is 0.315. The van der Waals surface area contributed by atoms with Crippen LogP contribution in [0.3, 0.4) is 0 Å². The molecule has 3 atom stereocenters. The summed E-state index contributed by atoms with van der Waals surface area (Å²) < 4.78 is 5.01. The van der Waals surface area contributed by atoms with Gasteiger partial charge in [-0.15, -0.1) is 0 Å². The molecular weight excluding hydrogens is 228 g/mol. The third kappa shape index (κ3) is 2.03. The maximum atomic E-state index is 12.2. The smallest absolute Gasteiger partial charge is 0.316 e. The van der Waals surface area contributed by atoms with Crippen LogP contribution < -0.4 is 0 Å². The number of aliphatic hydroxyl groups is 1. The summed E-state index contributed by atoms with van der Waals surface area (Å²) in [4.78, 5) is 12.2. The zero-order valence-corrected chi connectivity index (χ0v) is 10.9. The largest absolute Gasteiger partial charge is 0.468 e. The average molecular weight is 248 g/mol. The second kappa shape index (κ2) is 5.11. The van der Waals surface area contributed by atoms with Crippen molar-refractivity contribution < 1.29 is 14.6 Å². The van der Waals surface area contributed by atoms with Crippen LogP contribution in [-0.2, 0) is 14.9 Å². The van der Waals surface area contributed by atoms with E-state index in [1.54, 1.807) is 0 Å². The van der Waals surface area contributed by atoms with Gasteiger partial charge in [-0.3, -0.25) is 4.79 Å². The van der Waals surface area contributed by atoms with Crippen molar-refractivity contribution in [1.29, 1.82) is 0 Å². The third-order valence-electron chi connectivity index (χ3n) is 4.22. The highest BCUT2D eigenvalue weighted by Crippen LogP contribution is 2.48. The summed E-state index contributed by atoms with van der Waals surface area (Å²) in [6.45, 7) is 2.22. The molecule has 98 valence electrons. The molecule has 0 amide bonds. The Balaban J connectivity index is 2.41. The number of esters is 1. The Bertz CT molecular complexity index is 415. The van der Waals surface area contributed by atoms with Gasteiger partial charge in [0.1, 0.15) is 0 Å². The quantitative estimate of drug-likeness (QED) is 0.834. The lowest BCUT2D eigenvalue weighted by atomic mass is 9.78. The fraction of sp³-hybridized carbons (Fsp3) is 0.533. The highest BCUT2D eigenvalue weighted by molar-refractivity contribution is 5.83. The number of aliphatic hydroxyl groups excluding tert-OH is 1. The van der Waals surface area contributed by atoms with E-state index in [4.69, 9.17) is 4.74 Å². The van der Waals surface area contributed by atoms with Gasteiger partial charge in [0.2, 0.25) is 0 Å². The van der Waals surface area contributed by atoms with Crippen LogP contribution in [0, 0.1) is 11.8 Å². The van der Waals surface area contributed by atoms with Crippen molar-refractivity contribution in [2.24, 2.45) is 11.8 Å². The van der Waals surface area contributed by atoms with E-state index in [1.807, 2.05) is 30.3 Å². The van der Waals surface area contributed by atoms with Crippen LogP contribution in [0.15, 0.2) is 30.3 Å². The van der Waals surface area contributed by atoms with Crippen LogP contribution in [-0.4, -0.2) is 24.8 Å². The fourth-order valence-electron chi connectivity index (χ4n) is 3.17. The van der Waals surface area contributed by atoms with Crippen molar-refractivity contribution in [1.82, 2.24) is 0 Å². The Hall–Kier alpha value is -1.35. The maximum Gasteiger partial charge on any atom is 0.316 e. The molecule has 1 fully saturated rings. The van der Waals surface area contributed by atoms with Crippen LogP contribution in [0.1, 0.15) is 25.3 Å². The number of methoxy groups -OCH3 is 1. The Morgan fingerprint density at radius 3 is 2.56 bits per heavy atom. The first kappa shape index (κ1) is 13.1. The molecule has 3 nitrogen and oxygen atoms in total. The zero-order chi connectivity index (χ0) is 13.2. The van der Waals surface area contributed by atoms with Gasteiger partial charge in [0.15, 0.2) is 0 Å². The number of benzene rings is 1. The van der Waals surface area contributed by atoms with Crippen LogP contribution in [0.25, 0.3) is 0 Å². The lowest BCUT2D eigenvalue weighted by Crippen LogP contribution is -2.34. The molecule has 0 spiro atoms. The summed E-state index contributed by atoms with van der Waals surface area (Å²) in [5.41, 5.74) is 0.419. The van der Waals surface area contributed by atoms with Crippen molar-refractivity contribution in [3.05, 3.63) is 35.9 Å². The summed E-state index contributed by atoms with van der Waals surface area (Å²) in [6.07, 6.45) is 1.41. The van der Waals surface area contributed by atoms with E-state index in [9.17, 15) is 9.90 Å². The number of carbonyl (C=O) groups is 1. The van der Waals surface area contributed by atoms with E-state index in [1.165, 1.54) is 7.11 Å². The van der Waals surface area contributed by atoms with Crippen molar-refractivity contribution in [2.75, 3.05) is 13.7 Å². The van der Waals surface area contributed by atoms with Gasteiger partial charge >= 0.3 is 5.97 Å². The highest BCUT2D eigenvalue weighted by Gasteiger charge is 2.50. The second-order valence-electron chi connectivity index (χ2n) is 5.27. The molecule has 1 saturated carbocycles. The molecule has 1 aliphatic carbocycles. The molecule has 1 N–H and O–H groups in total. The van der Waals surface area contributed by atoms with Crippen molar-refractivity contribution in [3.63, 3.8) is 0 Å². The van der Waals surface area contributed by atoms with Gasteiger partial charge < -0.3 is 9.84 Å². The first-order chi connectivity index (χ1) is 8.64. The Morgan fingerprint density at radius 1 is 1.39 bits per heavy atom. The average Bonchev–Trinajstić information content (AvgIpc) is 2.77. The van der Waals surface area contributed by atoms with E-state index in [0.29, 0.717) is 12.3 Å². The second-order valence-corrected chi connectivity index (χ2v) is 5.27. The molecule has 18 heavy (non-hydrogen) atoms. The van der Waals surface area contributed by atoms with Gasteiger partial charge in [-0.2, -0.15) is 0 Å². The zero-order valence-electron chi connectivity index (χ0n) is 10.9. The Kier molecular flexibility index (Phi) is 3.71. The Morgan fingerprint density at radius 2 is 2.06 bits per heavy atom. The molecule has 1 aliphatic rings. The van der Waals surface area contributed by atoms with Gasteiger partial charge in [0.25, 0.3) is 0 Å². The topological polar surface area (TPSA) is 46.5 Å². The number of hydrogen-bond donors (Lipinski definition) is 1. The van der Waals surface area contributed by atoms with Crippen LogP contribution in [0.4, 0.5) is 0 Å². The van der Waals surface area contributed by atoms with Gasteiger partial charge in [0, 0.05) is 6.61 Å².